The number of hydrogen-bond acceptors (Lipinski definition) is 3. The summed E-state index contributed by atoms with van der Waals surface area (Å²) in [6.45, 7) is 8.43. The molecule has 3 heteroatoms. The topological polar surface area (TPSA) is 41.5 Å². The van der Waals surface area contributed by atoms with Crippen molar-refractivity contribution in [2.45, 2.75) is 71.1 Å². The van der Waals surface area contributed by atoms with Crippen LogP contribution in [0.2, 0.25) is 0 Å². The smallest absolute Gasteiger partial charge is 0.119 e. The Bertz CT molecular complexity index is 472. The first-order valence-corrected chi connectivity index (χ1v) is 8.09. The van der Waals surface area contributed by atoms with E-state index >= 15 is 0 Å². The first-order valence-electron chi connectivity index (χ1n) is 8.09. The van der Waals surface area contributed by atoms with Gasteiger partial charge in [0.25, 0.3) is 0 Å². The molecule has 0 aliphatic heterocycles. The van der Waals surface area contributed by atoms with Crippen LogP contribution in [-0.2, 0) is 12.8 Å². The number of benzene rings is 1. The van der Waals surface area contributed by atoms with Gasteiger partial charge in [0.2, 0.25) is 0 Å². The lowest BCUT2D eigenvalue weighted by Gasteiger charge is -2.33. The molecule has 0 saturated carbocycles. The van der Waals surface area contributed by atoms with Crippen LogP contribution in [0.4, 0.5) is 0 Å². The summed E-state index contributed by atoms with van der Waals surface area (Å²) in [5, 5.41) is 13.1. The Morgan fingerprint density at radius 3 is 2.62 bits per heavy atom. The second-order valence-electron chi connectivity index (χ2n) is 6.93. The van der Waals surface area contributed by atoms with E-state index in [0.717, 1.165) is 12.2 Å². The van der Waals surface area contributed by atoms with Crippen molar-refractivity contribution in [2.24, 2.45) is 0 Å². The molecule has 0 bridgehead atoms. The van der Waals surface area contributed by atoms with E-state index in [1.165, 1.54) is 30.4 Å². The number of aliphatic hydroxyl groups is 1. The minimum Gasteiger partial charge on any atom is -0.491 e. The Labute approximate surface area is 128 Å². The van der Waals surface area contributed by atoms with Crippen LogP contribution in [0, 0.1) is 0 Å². The Morgan fingerprint density at radius 2 is 1.95 bits per heavy atom. The first-order chi connectivity index (χ1) is 9.92. The average Bonchev–Trinajstić information content (AvgIpc) is 2.84. The molecule has 1 aliphatic carbocycles. The van der Waals surface area contributed by atoms with Crippen LogP contribution in [-0.4, -0.2) is 29.4 Å². The summed E-state index contributed by atoms with van der Waals surface area (Å²) >= 11 is 0. The molecular formula is C18H29NO2. The minimum absolute atomic E-state index is 0.0628. The third kappa shape index (κ3) is 4.45. The van der Waals surface area contributed by atoms with Gasteiger partial charge in [-0.25, -0.2) is 0 Å². The first kappa shape index (κ1) is 16.3. The minimum atomic E-state index is -0.301. The maximum absolute atomic E-state index is 9.66. The second-order valence-corrected chi connectivity index (χ2v) is 6.93. The lowest BCUT2D eigenvalue weighted by Crippen LogP contribution is -2.51. The molecule has 2 atom stereocenters. The largest absolute Gasteiger partial charge is 0.491 e. The Balaban J connectivity index is 1.96. The fraction of sp³-hybridized carbons (Fsp3) is 0.667. The molecule has 21 heavy (non-hydrogen) atoms. The Morgan fingerprint density at radius 1 is 1.24 bits per heavy atom. The molecule has 0 amide bonds. The molecule has 1 aromatic carbocycles. The molecule has 0 saturated heterocycles. The van der Waals surface area contributed by atoms with Crippen LogP contribution in [0.1, 0.15) is 51.7 Å². The molecule has 1 aromatic rings. The Hall–Kier alpha value is -1.06. The number of aliphatic hydroxyl groups excluding tert-OH is 1. The molecule has 0 fully saturated rings. The number of hydrogen-bond donors (Lipinski definition) is 2. The van der Waals surface area contributed by atoms with Gasteiger partial charge in [-0.2, -0.15) is 0 Å². The van der Waals surface area contributed by atoms with E-state index in [4.69, 9.17) is 4.74 Å². The van der Waals surface area contributed by atoms with Crippen molar-refractivity contribution in [1.29, 1.82) is 0 Å². The average molecular weight is 291 g/mol. The number of aryl methyl sites for hydroxylation is 2. The molecule has 0 aromatic heterocycles. The second kappa shape index (κ2) is 6.80. The van der Waals surface area contributed by atoms with Crippen molar-refractivity contribution in [3.63, 3.8) is 0 Å². The maximum Gasteiger partial charge on any atom is 0.119 e. The lowest BCUT2D eigenvalue weighted by atomic mass is 9.94. The van der Waals surface area contributed by atoms with Gasteiger partial charge in [0.1, 0.15) is 5.75 Å². The molecule has 1 aliphatic rings. The van der Waals surface area contributed by atoms with Crippen LogP contribution in [0.3, 0.4) is 0 Å². The highest BCUT2D eigenvalue weighted by molar-refractivity contribution is 5.38. The molecule has 3 nitrogen and oxygen atoms in total. The van der Waals surface area contributed by atoms with Crippen molar-refractivity contribution >= 4 is 0 Å². The van der Waals surface area contributed by atoms with Crippen molar-refractivity contribution in [3.8, 4) is 5.75 Å². The number of fused-ring (bicyclic) bond motifs is 1. The molecule has 2 rings (SSSR count). The summed E-state index contributed by atoms with van der Waals surface area (Å²) in [5.41, 5.74) is 2.60. The van der Waals surface area contributed by atoms with Crippen molar-refractivity contribution in [3.05, 3.63) is 29.3 Å². The lowest BCUT2D eigenvalue weighted by molar-refractivity contribution is 0.104. The highest BCUT2D eigenvalue weighted by Gasteiger charge is 2.27. The molecule has 0 radical (unpaired) electrons. The normalized spacial score (nSPS) is 18.4. The van der Waals surface area contributed by atoms with E-state index in [-0.39, 0.29) is 18.2 Å². The highest BCUT2D eigenvalue weighted by atomic mass is 16.5. The van der Waals surface area contributed by atoms with Crippen molar-refractivity contribution < 1.29 is 9.84 Å². The van der Waals surface area contributed by atoms with Crippen LogP contribution in [0.15, 0.2) is 18.2 Å². The summed E-state index contributed by atoms with van der Waals surface area (Å²) in [6, 6.07) is 6.80. The Kier molecular flexibility index (Phi) is 5.28. The van der Waals surface area contributed by atoms with Crippen molar-refractivity contribution in [2.75, 3.05) is 6.61 Å². The zero-order valence-electron chi connectivity index (χ0n) is 13.8. The zero-order chi connectivity index (χ0) is 15.5. The van der Waals surface area contributed by atoms with Crippen LogP contribution in [0.25, 0.3) is 0 Å². The van der Waals surface area contributed by atoms with E-state index in [2.05, 4.69) is 51.2 Å². The standard InChI is InChI=1S/C18H29NO2/c1-13(2)19-18(4,12-20)11-14(3)21-17-9-8-15-6-5-7-16(15)10-17/h8-10,13-14,19-20H,5-7,11-12H2,1-4H3. The summed E-state index contributed by atoms with van der Waals surface area (Å²) in [4.78, 5) is 0. The van der Waals surface area contributed by atoms with E-state index in [1.807, 2.05) is 0 Å². The van der Waals surface area contributed by atoms with Crippen LogP contribution >= 0.6 is 0 Å². The van der Waals surface area contributed by atoms with Gasteiger partial charge in [-0.15, -0.1) is 0 Å². The third-order valence-corrected chi connectivity index (χ3v) is 4.13. The molecule has 2 N–H and O–H groups in total. The van der Waals surface area contributed by atoms with Gasteiger partial charge < -0.3 is 15.2 Å². The summed E-state index contributed by atoms with van der Waals surface area (Å²) in [7, 11) is 0. The summed E-state index contributed by atoms with van der Waals surface area (Å²) in [5.74, 6) is 0.952. The highest BCUT2D eigenvalue weighted by Crippen LogP contribution is 2.27. The van der Waals surface area contributed by atoms with Gasteiger partial charge in [0.15, 0.2) is 0 Å². The van der Waals surface area contributed by atoms with Gasteiger partial charge in [-0.3, -0.25) is 0 Å². The molecule has 0 spiro atoms. The van der Waals surface area contributed by atoms with Crippen molar-refractivity contribution in [1.82, 2.24) is 5.32 Å². The van der Waals surface area contributed by atoms with E-state index in [0.29, 0.717) is 6.04 Å². The third-order valence-electron chi connectivity index (χ3n) is 4.13. The quantitative estimate of drug-likeness (QED) is 0.811. The van der Waals surface area contributed by atoms with E-state index in [9.17, 15) is 5.11 Å². The molecular weight excluding hydrogens is 262 g/mol. The predicted molar refractivity (Wildman–Crippen MR) is 86.9 cm³/mol. The molecule has 2 unspecified atom stereocenters. The molecule has 118 valence electrons. The zero-order valence-corrected chi connectivity index (χ0v) is 13.8. The van der Waals surface area contributed by atoms with E-state index < -0.39 is 0 Å². The van der Waals surface area contributed by atoms with Gasteiger partial charge >= 0.3 is 0 Å². The van der Waals surface area contributed by atoms with Crippen LogP contribution < -0.4 is 10.1 Å². The molecule has 0 heterocycles. The predicted octanol–water partition coefficient (Wildman–Crippen LogP) is 3.08. The van der Waals surface area contributed by atoms with Gasteiger partial charge in [-0.1, -0.05) is 19.9 Å². The number of nitrogens with one attached hydrogen (secondary N) is 1. The SMILES string of the molecule is CC(C)NC(C)(CO)CC(C)Oc1ccc2c(c1)CCC2. The van der Waals surface area contributed by atoms with Crippen LogP contribution in [0.5, 0.6) is 5.75 Å². The monoisotopic (exact) mass is 291 g/mol. The fourth-order valence-electron chi connectivity index (χ4n) is 3.40. The summed E-state index contributed by atoms with van der Waals surface area (Å²) < 4.78 is 6.07. The van der Waals surface area contributed by atoms with Gasteiger partial charge in [0, 0.05) is 18.0 Å². The summed E-state index contributed by atoms with van der Waals surface area (Å²) in [6.07, 6.45) is 4.47. The maximum atomic E-state index is 9.66. The van der Waals surface area contributed by atoms with E-state index in [1.54, 1.807) is 0 Å². The number of rotatable bonds is 7. The van der Waals surface area contributed by atoms with Gasteiger partial charge in [0.05, 0.1) is 12.7 Å². The fourth-order valence-corrected chi connectivity index (χ4v) is 3.40. The van der Waals surface area contributed by atoms with Gasteiger partial charge in [-0.05, 0) is 56.4 Å². The number of ether oxygens (including phenoxy) is 1.